The lowest BCUT2D eigenvalue weighted by Gasteiger charge is -2.25. The Bertz CT molecular complexity index is 428. The van der Waals surface area contributed by atoms with E-state index in [1.165, 1.54) is 12.1 Å². The van der Waals surface area contributed by atoms with Gasteiger partial charge in [-0.05, 0) is 38.2 Å². The molecule has 1 aromatic carbocycles. The SMILES string of the molecule is CCN(CC)CC(C)Nc1ccc(N)cc1C(F)(F)F. The van der Waals surface area contributed by atoms with Gasteiger partial charge in [0.2, 0.25) is 0 Å². The van der Waals surface area contributed by atoms with Crippen LogP contribution >= 0.6 is 0 Å². The first kappa shape index (κ1) is 16.6. The van der Waals surface area contributed by atoms with Crippen LogP contribution in [0.2, 0.25) is 0 Å². The van der Waals surface area contributed by atoms with Gasteiger partial charge in [-0.1, -0.05) is 13.8 Å². The van der Waals surface area contributed by atoms with Crippen LogP contribution in [0.15, 0.2) is 18.2 Å². The predicted octanol–water partition coefficient (Wildman–Crippen LogP) is 3.43. The van der Waals surface area contributed by atoms with E-state index in [0.717, 1.165) is 19.2 Å². The first-order valence-corrected chi connectivity index (χ1v) is 6.73. The van der Waals surface area contributed by atoms with Crippen LogP contribution in [0.3, 0.4) is 0 Å². The highest BCUT2D eigenvalue weighted by Gasteiger charge is 2.34. The summed E-state index contributed by atoms with van der Waals surface area (Å²) in [7, 11) is 0. The molecule has 0 saturated carbocycles. The number of nitrogen functional groups attached to an aromatic ring is 1. The Kier molecular flexibility index (Phi) is 5.68. The fourth-order valence-electron chi connectivity index (χ4n) is 2.10. The van der Waals surface area contributed by atoms with Gasteiger partial charge in [0.25, 0.3) is 0 Å². The molecule has 0 amide bonds. The lowest BCUT2D eigenvalue weighted by molar-refractivity contribution is -0.136. The minimum atomic E-state index is -4.41. The maximum Gasteiger partial charge on any atom is 0.418 e. The van der Waals surface area contributed by atoms with Crippen molar-refractivity contribution in [3.05, 3.63) is 23.8 Å². The van der Waals surface area contributed by atoms with Crippen molar-refractivity contribution in [1.82, 2.24) is 4.90 Å². The molecule has 0 aromatic heterocycles. The Labute approximate surface area is 117 Å². The number of nitrogens with one attached hydrogen (secondary N) is 1. The molecule has 0 saturated heterocycles. The quantitative estimate of drug-likeness (QED) is 0.788. The number of alkyl halides is 3. The van der Waals surface area contributed by atoms with Gasteiger partial charge in [0.15, 0.2) is 0 Å². The maximum absolute atomic E-state index is 13.0. The summed E-state index contributed by atoms with van der Waals surface area (Å²) in [5.74, 6) is 0. The maximum atomic E-state index is 13.0. The van der Waals surface area contributed by atoms with Crippen LogP contribution in [-0.4, -0.2) is 30.6 Å². The number of anilines is 2. The average Bonchev–Trinajstić information content (AvgIpc) is 2.36. The van der Waals surface area contributed by atoms with Gasteiger partial charge in [-0.25, -0.2) is 0 Å². The largest absolute Gasteiger partial charge is 0.418 e. The van der Waals surface area contributed by atoms with Crippen molar-refractivity contribution in [2.24, 2.45) is 0 Å². The normalized spacial score (nSPS) is 13.6. The molecule has 0 aliphatic heterocycles. The molecule has 0 fully saturated rings. The molecule has 0 bridgehead atoms. The fraction of sp³-hybridized carbons (Fsp3) is 0.571. The number of hydrogen-bond donors (Lipinski definition) is 2. The van der Waals surface area contributed by atoms with Crippen molar-refractivity contribution >= 4 is 11.4 Å². The van der Waals surface area contributed by atoms with E-state index in [1.54, 1.807) is 0 Å². The summed E-state index contributed by atoms with van der Waals surface area (Å²) < 4.78 is 38.9. The second-order valence-corrected chi connectivity index (χ2v) is 4.83. The number of benzene rings is 1. The summed E-state index contributed by atoms with van der Waals surface area (Å²) >= 11 is 0. The zero-order chi connectivity index (χ0) is 15.3. The molecule has 3 N–H and O–H groups in total. The Balaban J connectivity index is 2.87. The molecule has 114 valence electrons. The van der Waals surface area contributed by atoms with Crippen LogP contribution in [-0.2, 0) is 6.18 Å². The van der Waals surface area contributed by atoms with Crippen LogP contribution in [0.1, 0.15) is 26.3 Å². The minimum Gasteiger partial charge on any atom is -0.399 e. The molecule has 0 radical (unpaired) electrons. The second-order valence-electron chi connectivity index (χ2n) is 4.83. The third kappa shape index (κ3) is 4.59. The van der Waals surface area contributed by atoms with E-state index >= 15 is 0 Å². The van der Waals surface area contributed by atoms with Gasteiger partial charge < -0.3 is 16.0 Å². The molecule has 0 aliphatic rings. The van der Waals surface area contributed by atoms with E-state index < -0.39 is 11.7 Å². The predicted molar refractivity (Wildman–Crippen MR) is 76.7 cm³/mol. The number of hydrogen-bond acceptors (Lipinski definition) is 3. The van der Waals surface area contributed by atoms with Gasteiger partial charge >= 0.3 is 6.18 Å². The molecule has 1 unspecified atom stereocenters. The van der Waals surface area contributed by atoms with Crippen molar-refractivity contribution in [2.45, 2.75) is 33.0 Å². The van der Waals surface area contributed by atoms with Gasteiger partial charge in [-0.15, -0.1) is 0 Å². The Morgan fingerprint density at radius 2 is 1.85 bits per heavy atom. The Morgan fingerprint density at radius 3 is 2.35 bits per heavy atom. The molecule has 0 heterocycles. The lowest BCUT2D eigenvalue weighted by atomic mass is 10.1. The third-order valence-electron chi connectivity index (χ3n) is 3.18. The number of nitrogens with zero attached hydrogens (tertiary/aromatic N) is 1. The molecule has 20 heavy (non-hydrogen) atoms. The van der Waals surface area contributed by atoms with Crippen molar-refractivity contribution in [3.8, 4) is 0 Å². The topological polar surface area (TPSA) is 41.3 Å². The average molecular weight is 289 g/mol. The highest BCUT2D eigenvalue weighted by Crippen LogP contribution is 2.36. The van der Waals surface area contributed by atoms with E-state index in [2.05, 4.69) is 10.2 Å². The van der Waals surface area contributed by atoms with E-state index in [0.29, 0.717) is 6.54 Å². The molecule has 0 spiro atoms. The number of nitrogens with two attached hydrogens (primary N) is 1. The van der Waals surface area contributed by atoms with Crippen molar-refractivity contribution in [3.63, 3.8) is 0 Å². The van der Waals surface area contributed by atoms with Gasteiger partial charge in [0.05, 0.1) is 5.56 Å². The summed E-state index contributed by atoms with van der Waals surface area (Å²) in [6.45, 7) is 8.36. The summed E-state index contributed by atoms with van der Waals surface area (Å²) in [6.07, 6.45) is -4.41. The number of likely N-dealkylation sites (N-methyl/N-ethyl adjacent to an activating group) is 1. The standard InChI is InChI=1S/C14H22F3N3/c1-4-20(5-2)9-10(3)19-13-7-6-11(18)8-12(13)14(15,16)17/h6-8,10,19H,4-5,9,18H2,1-3H3. The van der Waals surface area contributed by atoms with Gasteiger partial charge in [0.1, 0.15) is 0 Å². The summed E-state index contributed by atoms with van der Waals surface area (Å²) in [6, 6.07) is 3.74. The molecular weight excluding hydrogens is 267 g/mol. The highest BCUT2D eigenvalue weighted by molar-refractivity contribution is 5.59. The molecule has 1 rings (SSSR count). The zero-order valence-corrected chi connectivity index (χ0v) is 12.1. The van der Waals surface area contributed by atoms with Crippen molar-refractivity contribution in [2.75, 3.05) is 30.7 Å². The first-order chi connectivity index (χ1) is 9.27. The number of halogens is 3. The highest BCUT2D eigenvalue weighted by atomic mass is 19.4. The van der Waals surface area contributed by atoms with E-state index in [4.69, 9.17) is 5.73 Å². The third-order valence-corrected chi connectivity index (χ3v) is 3.18. The lowest BCUT2D eigenvalue weighted by Crippen LogP contribution is -2.35. The molecule has 0 aliphatic carbocycles. The van der Waals surface area contributed by atoms with Crippen LogP contribution < -0.4 is 11.1 Å². The summed E-state index contributed by atoms with van der Waals surface area (Å²) in [4.78, 5) is 2.15. The molecule has 6 heteroatoms. The molecule has 1 aromatic rings. The van der Waals surface area contributed by atoms with Crippen LogP contribution in [0.5, 0.6) is 0 Å². The van der Waals surface area contributed by atoms with E-state index in [9.17, 15) is 13.2 Å². The molecular formula is C14H22F3N3. The Hall–Kier alpha value is -1.43. The van der Waals surface area contributed by atoms with Gasteiger partial charge in [0, 0.05) is 24.0 Å². The van der Waals surface area contributed by atoms with Crippen LogP contribution in [0.25, 0.3) is 0 Å². The van der Waals surface area contributed by atoms with E-state index in [-0.39, 0.29) is 17.4 Å². The van der Waals surface area contributed by atoms with Crippen molar-refractivity contribution in [1.29, 1.82) is 0 Å². The minimum absolute atomic E-state index is 0.0753. The second kappa shape index (κ2) is 6.83. The first-order valence-electron chi connectivity index (χ1n) is 6.73. The molecule has 1 atom stereocenters. The smallest absolute Gasteiger partial charge is 0.399 e. The van der Waals surface area contributed by atoms with E-state index in [1.807, 2.05) is 20.8 Å². The van der Waals surface area contributed by atoms with Crippen LogP contribution in [0.4, 0.5) is 24.5 Å². The van der Waals surface area contributed by atoms with Crippen molar-refractivity contribution < 1.29 is 13.2 Å². The Morgan fingerprint density at radius 1 is 1.25 bits per heavy atom. The van der Waals surface area contributed by atoms with Gasteiger partial charge in [-0.3, -0.25) is 0 Å². The summed E-state index contributed by atoms with van der Waals surface area (Å²) in [5, 5.41) is 2.93. The molecule has 3 nitrogen and oxygen atoms in total. The summed E-state index contributed by atoms with van der Waals surface area (Å²) in [5.41, 5.74) is 4.91. The van der Waals surface area contributed by atoms with Gasteiger partial charge in [-0.2, -0.15) is 13.2 Å². The number of rotatable bonds is 6. The monoisotopic (exact) mass is 289 g/mol. The fourth-order valence-corrected chi connectivity index (χ4v) is 2.10. The zero-order valence-electron chi connectivity index (χ0n) is 12.1. The van der Waals surface area contributed by atoms with Crippen LogP contribution in [0, 0.1) is 0 Å².